The Bertz CT molecular complexity index is 351. The third kappa shape index (κ3) is 3.04. The molecule has 0 aliphatic heterocycles. The van der Waals surface area contributed by atoms with Crippen molar-refractivity contribution in [1.29, 1.82) is 0 Å². The predicted octanol–water partition coefficient (Wildman–Crippen LogP) is 2.45. The molecule has 0 N–H and O–H groups in total. The van der Waals surface area contributed by atoms with E-state index in [9.17, 15) is 4.79 Å². The number of aromatic nitrogens is 2. The summed E-state index contributed by atoms with van der Waals surface area (Å²) in [6.45, 7) is 1.81. The second kappa shape index (κ2) is 5.28. The van der Waals surface area contributed by atoms with Crippen molar-refractivity contribution in [2.75, 3.05) is 7.11 Å². The van der Waals surface area contributed by atoms with E-state index in [1.165, 1.54) is 13.4 Å². The van der Waals surface area contributed by atoms with Crippen LogP contribution in [0.5, 0.6) is 0 Å². The number of carbonyl (C=O) groups excluding carboxylic acids is 1. The SMILES string of the molecule is COC(=O)C[C@@H](C)c1c(Cl)ncnc1Cl. The van der Waals surface area contributed by atoms with E-state index in [0.29, 0.717) is 5.56 Å². The maximum absolute atomic E-state index is 11.1. The van der Waals surface area contributed by atoms with Gasteiger partial charge in [-0.05, 0) is 5.92 Å². The first-order chi connectivity index (χ1) is 7.06. The Morgan fingerprint density at radius 3 is 2.47 bits per heavy atom. The quantitative estimate of drug-likeness (QED) is 0.609. The lowest BCUT2D eigenvalue weighted by Gasteiger charge is -2.12. The zero-order chi connectivity index (χ0) is 11.4. The van der Waals surface area contributed by atoms with Crippen LogP contribution in [0.4, 0.5) is 0 Å². The normalized spacial score (nSPS) is 12.3. The maximum atomic E-state index is 11.1. The van der Waals surface area contributed by atoms with Gasteiger partial charge in [0.1, 0.15) is 16.6 Å². The standard InChI is InChI=1S/C9H10Cl2N2O2/c1-5(3-6(14)15-2)7-8(10)12-4-13-9(7)11/h4-5H,3H2,1-2H3/t5-/m1/s1. The Labute approximate surface area is 97.6 Å². The molecule has 1 aromatic heterocycles. The molecule has 0 amide bonds. The van der Waals surface area contributed by atoms with Crippen molar-refractivity contribution in [3.63, 3.8) is 0 Å². The molecule has 0 aliphatic carbocycles. The van der Waals surface area contributed by atoms with Gasteiger partial charge in [0.05, 0.1) is 13.5 Å². The molecule has 1 atom stereocenters. The lowest BCUT2D eigenvalue weighted by molar-refractivity contribution is -0.140. The van der Waals surface area contributed by atoms with E-state index < -0.39 is 0 Å². The number of esters is 1. The average Bonchev–Trinajstić information content (AvgIpc) is 2.17. The number of halogens is 2. The minimum absolute atomic E-state index is 0.168. The number of carbonyl (C=O) groups is 1. The number of ether oxygens (including phenoxy) is 1. The van der Waals surface area contributed by atoms with Crippen LogP contribution in [0.15, 0.2) is 6.33 Å². The molecule has 1 heterocycles. The molecule has 0 bridgehead atoms. The molecule has 0 unspecified atom stereocenters. The van der Waals surface area contributed by atoms with Gasteiger partial charge in [0.2, 0.25) is 0 Å². The number of rotatable bonds is 3. The van der Waals surface area contributed by atoms with Crippen LogP contribution in [0, 0.1) is 0 Å². The van der Waals surface area contributed by atoms with Crippen LogP contribution in [0.25, 0.3) is 0 Å². The predicted molar refractivity (Wildman–Crippen MR) is 57.1 cm³/mol. The molecule has 0 spiro atoms. The van der Waals surface area contributed by atoms with Gasteiger partial charge in [-0.25, -0.2) is 9.97 Å². The third-order valence-corrected chi connectivity index (χ3v) is 2.58. The zero-order valence-electron chi connectivity index (χ0n) is 8.33. The molecule has 0 saturated carbocycles. The molecule has 4 nitrogen and oxygen atoms in total. The fourth-order valence-corrected chi connectivity index (χ4v) is 1.88. The molecular formula is C9H10Cl2N2O2. The first-order valence-corrected chi connectivity index (χ1v) is 5.04. The van der Waals surface area contributed by atoms with E-state index in [2.05, 4.69) is 14.7 Å². The van der Waals surface area contributed by atoms with Crippen LogP contribution >= 0.6 is 23.2 Å². The van der Waals surface area contributed by atoms with E-state index in [0.717, 1.165) is 0 Å². The van der Waals surface area contributed by atoms with Crippen LogP contribution in [0.1, 0.15) is 24.8 Å². The Balaban J connectivity index is 2.90. The minimum atomic E-state index is -0.321. The van der Waals surface area contributed by atoms with E-state index in [1.54, 1.807) is 0 Å². The van der Waals surface area contributed by atoms with E-state index >= 15 is 0 Å². The van der Waals surface area contributed by atoms with Gasteiger partial charge >= 0.3 is 5.97 Å². The van der Waals surface area contributed by atoms with E-state index in [4.69, 9.17) is 23.2 Å². The third-order valence-electron chi connectivity index (χ3n) is 1.98. The highest BCUT2D eigenvalue weighted by molar-refractivity contribution is 6.34. The molecule has 0 radical (unpaired) electrons. The van der Waals surface area contributed by atoms with Crippen molar-refractivity contribution in [2.45, 2.75) is 19.3 Å². The summed E-state index contributed by atoms with van der Waals surface area (Å²) in [5.74, 6) is -0.489. The lowest BCUT2D eigenvalue weighted by atomic mass is 10.0. The molecule has 0 aliphatic rings. The summed E-state index contributed by atoms with van der Waals surface area (Å²) >= 11 is 11.7. The maximum Gasteiger partial charge on any atom is 0.306 e. The highest BCUT2D eigenvalue weighted by Gasteiger charge is 2.18. The monoisotopic (exact) mass is 248 g/mol. The van der Waals surface area contributed by atoms with Crippen molar-refractivity contribution in [3.8, 4) is 0 Å². The summed E-state index contributed by atoms with van der Waals surface area (Å²) in [6, 6.07) is 0. The van der Waals surface area contributed by atoms with Crippen LogP contribution in [0.2, 0.25) is 10.3 Å². The smallest absolute Gasteiger partial charge is 0.306 e. The molecule has 0 fully saturated rings. The Hall–Kier alpha value is -0.870. The van der Waals surface area contributed by atoms with Crippen molar-refractivity contribution in [3.05, 3.63) is 22.2 Å². The second-order valence-corrected chi connectivity index (χ2v) is 3.77. The van der Waals surface area contributed by atoms with Crippen LogP contribution < -0.4 is 0 Å². The molecule has 1 aromatic rings. The number of hydrogen-bond acceptors (Lipinski definition) is 4. The van der Waals surface area contributed by atoms with Crippen molar-refractivity contribution in [1.82, 2.24) is 9.97 Å². The van der Waals surface area contributed by atoms with Gasteiger partial charge in [0.25, 0.3) is 0 Å². The molecular weight excluding hydrogens is 239 g/mol. The largest absolute Gasteiger partial charge is 0.469 e. The van der Waals surface area contributed by atoms with Crippen molar-refractivity contribution >= 4 is 29.2 Å². The second-order valence-electron chi connectivity index (χ2n) is 3.05. The molecule has 0 saturated heterocycles. The van der Waals surface area contributed by atoms with E-state index in [-0.39, 0.29) is 28.6 Å². The van der Waals surface area contributed by atoms with Crippen LogP contribution in [0.3, 0.4) is 0 Å². The topological polar surface area (TPSA) is 52.1 Å². The van der Waals surface area contributed by atoms with E-state index in [1.807, 2.05) is 6.92 Å². The number of nitrogens with zero attached hydrogens (tertiary/aromatic N) is 2. The van der Waals surface area contributed by atoms with Gasteiger partial charge < -0.3 is 4.74 Å². The van der Waals surface area contributed by atoms with Gasteiger partial charge in [0.15, 0.2) is 0 Å². The van der Waals surface area contributed by atoms with Gasteiger partial charge in [-0.1, -0.05) is 30.1 Å². The first kappa shape index (κ1) is 12.2. The van der Waals surface area contributed by atoms with Crippen LogP contribution in [-0.2, 0) is 9.53 Å². The number of hydrogen-bond donors (Lipinski definition) is 0. The Morgan fingerprint density at radius 1 is 1.47 bits per heavy atom. The highest BCUT2D eigenvalue weighted by Crippen LogP contribution is 2.30. The van der Waals surface area contributed by atoms with Crippen molar-refractivity contribution in [2.24, 2.45) is 0 Å². The van der Waals surface area contributed by atoms with Crippen LogP contribution in [-0.4, -0.2) is 23.0 Å². The molecule has 6 heteroatoms. The minimum Gasteiger partial charge on any atom is -0.469 e. The molecule has 1 rings (SSSR count). The fourth-order valence-electron chi connectivity index (χ4n) is 1.20. The lowest BCUT2D eigenvalue weighted by Crippen LogP contribution is -2.08. The Kier molecular flexibility index (Phi) is 4.29. The van der Waals surface area contributed by atoms with Crippen molar-refractivity contribution < 1.29 is 9.53 Å². The highest BCUT2D eigenvalue weighted by atomic mass is 35.5. The summed E-state index contributed by atoms with van der Waals surface area (Å²) in [6.07, 6.45) is 1.47. The summed E-state index contributed by atoms with van der Waals surface area (Å²) < 4.78 is 4.56. The Morgan fingerprint density at radius 2 is 2.00 bits per heavy atom. The van der Waals surface area contributed by atoms with Gasteiger partial charge in [-0.2, -0.15) is 0 Å². The number of methoxy groups -OCH3 is 1. The summed E-state index contributed by atoms with van der Waals surface area (Å²) in [5, 5.41) is 0.540. The molecule has 0 aromatic carbocycles. The fraction of sp³-hybridized carbons (Fsp3) is 0.444. The summed E-state index contributed by atoms with van der Waals surface area (Å²) in [5.41, 5.74) is 0.575. The van der Waals surface area contributed by atoms with Gasteiger partial charge in [-0.15, -0.1) is 0 Å². The van der Waals surface area contributed by atoms with Gasteiger partial charge in [-0.3, -0.25) is 4.79 Å². The average molecular weight is 249 g/mol. The summed E-state index contributed by atoms with van der Waals surface area (Å²) in [7, 11) is 1.33. The summed E-state index contributed by atoms with van der Waals surface area (Å²) in [4.78, 5) is 18.7. The van der Waals surface area contributed by atoms with Gasteiger partial charge in [0, 0.05) is 5.56 Å². The molecule has 82 valence electrons. The molecule has 15 heavy (non-hydrogen) atoms. The first-order valence-electron chi connectivity index (χ1n) is 4.29. The zero-order valence-corrected chi connectivity index (χ0v) is 9.84.